The highest BCUT2D eigenvalue weighted by atomic mass is 32.2. The van der Waals surface area contributed by atoms with E-state index >= 15 is 0 Å². The number of pyridine rings is 1. The molecule has 5 nitrogen and oxygen atoms in total. The van der Waals surface area contributed by atoms with Crippen LogP contribution in [0.3, 0.4) is 0 Å². The number of nitrogens with zero attached hydrogens (tertiary/aromatic N) is 2. The van der Waals surface area contributed by atoms with Crippen LogP contribution in [0.2, 0.25) is 0 Å². The third-order valence-corrected chi connectivity index (χ3v) is 6.06. The number of hydrogen-bond acceptors (Lipinski definition) is 5. The molecule has 2 aromatic rings. The van der Waals surface area contributed by atoms with Gasteiger partial charge >= 0.3 is 5.97 Å². The number of carbonyl (C=O) groups is 2. The summed E-state index contributed by atoms with van der Waals surface area (Å²) in [6, 6.07) is 9.85. The molecule has 1 amide bonds. The van der Waals surface area contributed by atoms with Gasteiger partial charge in [-0.25, -0.2) is 4.98 Å². The second-order valence-corrected chi connectivity index (χ2v) is 8.10. The number of amides is 1. The van der Waals surface area contributed by atoms with Crippen LogP contribution in [0.1, 0.15) is 41.3 Å². The minimum Gasteiger partial charge on any atom is -0.466 e. The number of hydrogen-bond donors (Lipinski definition) is 0. The number of likely N-dealkylation sites (tertiary alicyclic amines) is 1. The van der Waals surface area contributed by atoms with E-state index in [0.717, 1.165) is 23.3 Å². The van der Waals surface area contributed by atoms with Crippen molar-refractivity contribution < 1.29 is 14.3 Å². The molecule has 1 atom stereocenters. The van der Waals surface area contributed by atoms with Crippen molar-refractivity contribution in [2.75, 3.05) is 19.7 Å². The molecule has 0 saturated carbocycles. The lowest BCUT2D eigenvalue weighted by molar-refractivity contribution is -0.149. The number of carbonyl (C=O) groups excluding carboxylic acids is 2. The standard InChI is InChI=1S/C22H26N2O3S/c1-4-27-22(26)17-7-6-12-24(14-17)21(25)18-8-5-11-23-20(18)28-19-10-9-15(2)13-16(19)3/h5,8-11,13,17H,4,6-7,12,14H2,1-3H3. The predicted octanol–water partition coefficient (Wildman–Crippen LogP) is 4.26. The molecule has 1 fully saturated rings. The first-order valence-electron chi connectivity index (χ1n) is 9.65. The van der Waals surface area contributed by atoms with Gasteiger partial charge in [0.2, 0.25) is 0 Å². The molecule has 0 radical (unpaired) electrons. The normalized spacial score (nSPS) is 16.7. The first kappa shape index (κ1) is 20.4. The van der Waals surface area contributed by atoms with Crippen LogP contribution in [-0.4, -0.2) is 41.5 Å². The largest absolute Gasteiger partial charge is 0.466 e. The maximum Gasteiger partial charge on any atom is 0.310 e. The lowest BCUT2D eigenvalue weighted by Crippen LogP contribution is -2.43. The second-order valence-electron chi connectivity index (χ2n) is 7.07. The van der Waals surface area contributed by atoms with E-state index in [9.17, 15) is 9.59 Å². The topological polar surface area (TPSA) is 59.5 Å². The number of aryl methyl sites for hydroxylation is 2. The summed E-state index contributed by atoms with van der Waals surface area (Å²) in [5, 5.41) is 0.692. The van der Waals surface area contributed by atoms with E-state index in [1.807, 2.05) is 6.07 Å². The Morgan fingerprint density at radius 2 is 2.11 bits per heavy atom. The summed E-state index contributed by atoms with van der Waals surface area (Å²) in [5.41, 5.74) is 2.95. The van der Waals surface area contributed by atoms with Gasteiger partial charge in [-0.05, 0) is 57.4 Å². The van der Waals surface area contributed by atoms with Crippen LogP contribution in [-0.2, 0) is 9.53 Å². The number of ether oxygens (including phenoxy) is 1. The molecule has 148 valence electrons. The van der Waals surface area contributed by atoms with Crippen molar-refractivity contribution in [1.29, 1.82) is 0 Å². The molecule has 3 rings (SSSR count). The van der Waals surface area contributed by atoms with Gasteiger partial charge in [-0.3, -0.25) is 9.59 Å². The fourth-order valence-corrected chi connectivity index (χ4v) is 4.38. The number of piperidine rings is 1. The van der Waals surface area contributed by atoms with Gasteiger partial charge in [0, 0.05) is 24.2 Å². The monoisotopic (exact) mass is 398 g/mol. The van der Waals surface area contributed by atoms with E-state index in [-0.39, 0.29) is 17.8 Å². The number of aromatic nitrogens is 1. The molecule has 1 aromatic carbocycles. The maximum absolute atomic E-state index is 13.2. The quantitative estimate of drug-likeness (QED) is 0.704. The Morgan fingerprint density at radius 1 is 1.29 bits per heavy atom. The van der Waals surface area contributed by atoms with E-state index in [0.29, 0.717) is 30.3 Å². The third kappa shape index (κ3) is 4.73. The summed E-state index contributed by atoms with van der Waals surface area (Å²) in [5.74, 6) is -0.532. The Morgan fingerprint density at radius 3 is 2.86 bits per heavy atom. The van der Waals surface area contributed by atoms with Crippen molar-refractivity contribution in [3.63, 3.8) is 0 Å². The summed E-state index contributed by atoms with van der Waals surface area (Å²) in [7, 11) is 0. The van der Waals surface area contributed by atoms with Gasteiger partial charge in [-0.1, -0.05) is 29.5 Å². The van der Waals surface area contributed by atoms with Gasteiger partial charge in [0.25, 0.3) is 5.91 Å². The fourth-order valence-electron chi connectivity index (χ4n) is 3.44. The van der Waals surface area contributed by atoms with E-state index in [1.54, 1.807) is 24.1 Å². The van der Waals surface area contributed by atoms with Gasteiger partial charge in [-0.15, -0.1) is 0 Å². The van der Waals surface area contributed by atoms with Crippen LogP contribution >= 0.6 is 11.8 Å². The van der Waals surface area contributed by atoms with Crippen LogP contribution in [0.5, 0.6) is 0 Å². The van der Waals surface area contributed by atoms with Crippen LogP contribution in [0.25, 0.3) is 0 Å². The molecule has 1 aliphatic rings. The van der Waals surface area contributed by atoms with Gasteiger partial charge in [0.15, 0.2) is 0 Å². The number of benzene rings is 1. The van der Waals surface area contributed by atoms with E-state index < -0.39 is 0 Å². The first-order valence-corrected chi connectivity index (χ1v) is 10.5. The SMILES string of the molecule is CCOC(=O)C1CCCN(C(=O)c2cccnc2Sc2ccc(C)cc2C)C1. The van der Waals surface area contributed by atoms with Gasteiger partial charge in [-0.2, -0.15) is 0 Å². The molecule has 0 spiro atoms. The zero-order valence-corrected chi connectivity index (χ0v) is 17.4. The van der Waals surface area contributed by atoms with Crippen molar-refractivity contribution in [1.82, 2.24) is 9.88 Å². The van der Waals surface area contributed by atoms with Crippen LogP contribution in [0, 0.1) is 19.8 Å². The second kappa shape index (κ2) is 9.24. The summed E-state index contributed by atoms with van der Waals surface area (Å²) in [6.45, 7) is 7.35. The van der Waals surface area contributed by atoms with E-state index in [2.05, 4.69) is 37.0 Å². The summed E-state index contributed by atoms with van der Waals surface area (Å²) in [4.78, 5) is 32.6. The Labute approximate surface area is 170 Å². The fraction of sp³-hybridized carbons (Fsp3) is 0.409. The van der Waals surface area contributed by atoms with Crippen LogP contribution in [0.4, 0.5) is 0 Å². The van der Waals surface area contributed by atoms with Gasteiger partial charge in [0.1, 0.15) is 5.03 Å². The summed E-state index contributed by atoms with van der Waals surface area (Å²) in [6.07, 6.45) is 3.27. The molecule has 28 heavy (non-hydrogen) atoms. The first-order chi connectivity index (χ1) is 13.5. The zero-order valence-electron chi connectivity index (χ0n) is 16.6. The molecular formula is C22H26N2O3S. The molecule has 0 aliphatic carbocycles. The molecule has 1 aliphatic heterocycles. The average molecular weight is 399 g/mol. The van der Waals surface area contributed by atoms with Crippen molar-refractivity contribution in [3.05, 3.63) is 53.2 Å². The lowest BCUT2D eigenvalue weighted by Gasteiger charge is -2.31. The van der Waals surface area contributed by atoms with E-state index in [1.165, 1.54) is 17.3 Å². The minimum absolute atomic E-state index is 0.0747. The average Bonchev–Trinajstić information content (AvgIpc) is 2.70. The van der Waals surface area contributed by atoms with Gasteiger partial charge < -0.3 is 9.64 Å². The number of esters is 1. The van der Waals surface area contributed by atoms with Crippen molar-refractivity contribution in [3.8, 4) is 0 Å². The Hall–Kier alpha value is -2.34. The predicted molar refractivity (Wildman–Crippen MR) is 110 cm³/mol. The zero-order chi connectivity index (χ0) is 20.1. The molecule has 6 heteroatoms. The Kier molecular flexibility index (Phi) is 6.73. The molecule has 0 bridgehead atoms. The smallest absolute Gasteiger partial charge is 0.310 e. The lowest BCUT2D eigenvalue weighted by atomic mass is 9.97. The molecule has 1 aromatic heterocycles. The highest BCUT2D eigenvalue weighted by Gasteiger charge is 2.30. The maximum atomic E-state index is 13.2. The minimum atomic E-state index is -0.246. The molecule has 0 N–H and O–H groups in total. The number of rotatable bonds is 5. The van der Waals surface area contributed by atoms with Crippen molar-refractivity contribution >= 4 is 23.6 Å². The molecule has 2 heterocycles. The summed E-state index contributed by atoms with van der Waals surface area (Å²) >= 11 is 1.51. The van der Waals surface area contributed by atoms with Crippen LogP contribution in [0.15, 0.2) is 46.5 Å². The Bertz CT molecular complexity index is 869. The van der Waals surface area contributed by atoms with Crippen molar-refractivity contribution in [2.24, 2.45) is 5.92 Å². The highest BCUT2D eigenvalue weighted by Crippen LogP contribution is 2.32. The van der Waals surface area contributed by atoms with Gasteiger partial charge in [0.05, 0.1) is 18.1 Å². The molecule has 1 saturated heterocycles. The van der Waals surface area contributed by atoms with Crippen molar-refractivity contribution in [2.45, 2.75) is 43.5 Å². The van der Waals surface area contributed by atoms with Crippen LogP contribution < -0.4 is 0 Å². The highest BCUT2D eigenvalue weighted by molar-refractivity contribution is 7.99. The van der Waals surface area contributed by atoms with E-state index in [4.69, 9.17) is 4.74 Å². The Balaban J connectivity index is 1.79. The third-order valence-electron chi connectivity index (χ3n) is 4.87. The summed E-state index contributed by atoms with van der Waals surface area (Å²) < 4.78 is 5.15. The molecule has 1 unspecified atom stereocenters. The molecular weight excluding hydrogens is 372 g/mol.